The van der Waals surface area contributed by atoms with Crippen molar-refractivity contribution in [3.05, 3.63) is 30.3 Å². The Kier molecular flexibility index (Phi) is 6.53. The van der Waals surface area contributed by atoms with E-state index in [1.807, 2.05) is 0 Å². The summed E-state index contributed by atoms with van der Waals surface area (Å²) in [5, 5.41) is 2.11. The van der Waals surface area contributed by atoms with E-state index in [-0.39, 0.29) is 5.75 Å². The lowest BCUT2D eigenvalue weighted by atomic mass is 9.97. The second-order valence-electron chi connectivity index (χ2n) is 6.62. The molecule has 5 nitrogen and oxygen atoms in total. The summed E-state index contributed by atoms with van der Waals surface area (Å²) in [6, 6.07) is 7.65. The Morgan fingerprint density at radius 3 is 2.21 bits per heavy atom. The summed E-state index contributed by atoms with van der Waals surface area (Å²) >= 11 is 0. The number of benzene rings is 1. The second-order valence-corrected chi connectivity index (χ2v) is 8.78. The average Bonchev–Trinajstić information content (AvgIpc) is 2.44. The molecule has 1 atom stereocenters. The Bertz CT molecular complexity index is 600. The van der Waals surface area contributed by atoms with E-state index in [0.29, 0.717) is 0 Å². The number of halogens is 2. The van der Waals surface area contributed by atoms with E-state index in [4.69, 9.17) is 9.26 Å². The summed E-state index contributed by atoms with van der Waals surface area (Å²) in [5.74, 6) is -0.763. The maximum atomic E-state index is 14.8. The fourth-order valence-electron chi connectivity index (χ4n) is 1.73. The maximum absolute atomic E-state index is 14.8. The first-order chi connectivity index (χ1) is 10.9. The van der Waals surface area contributed by atoms with Crippen LogP contribution in [0.2, 0.25) is 0 Å². The average molecular weight is 363 g/mol. The predicted molar refractivity (Wildman–Crippen MR) is 88.3 cm³/mol. The van der Waals surface area contributed by atoms with Crippen molar-refractivity contribution >= 4 is 13.5 Å². The van der Waals surface area contributed by atoms with Gasteiger partial charge in [0.05, 0.1) is 6.10 Å². The van der Waals surface area contributed by atoms with Crippen LogP contribution in [-0.2, 0) is 14.1 Å². The van der Waals surface area contributed by atoms with Crippen LogP contribution >= 0.6 is 7.52 Å². The first-order valence-electron chi connectivity index (χ1n) is 7.56. The summed E-state index contributed by atoms with van der Waals surface area (Å²) in [5.41, 5.74) is -5.36. The van der Waals surface area contributed by atoms with Crippen molar-refractivity contribution in [2.75, 3.05) is 6.54 Å². The molecule has 0 aliphatic rings. The van der Waals surface area contributed by atoms with Gasteiger partial charge in [-0.15, -0.1) is 0 Å². The monoisotopic (exact) mass is 363 g/mol. The van der Waals surface area contributed by atoms with Crippen LogP contribution in [0.25, 0.3) is 0 Å². The zero-order chi connectivity index (χ0) is 18.6. The standard InChI is InChI=1S/C16H24F2NO4P/c1-12(2)22-14(20)11-19-24(21,16(17,18)15(3,4)5)23-13-9-7-6-8-10-13/h6-10,12H,11H2,1-5H3,(H,19,21). The minimum atomic E-state index is -4.75. The van der Waals surface area contributed by atoms with Crippen molar-refractivity contribution < 1.29 is 27.4 Å². The quantitative estimate of drug-likeness (QED) is 0.573. The molecule has 0 aliphatic heterocycles. The first-order valence-corrected chi connectivity index (χ1v) is 9.19. The molecule has 1 rings (SSSR count). The Hall–Kier alpha value is -1.46. The normalized spacial score (nSPS) is 15.0. The molecule has 8 heteroatoms. The molecule has 1 unspecified atom stereocenters. The molecule has 1 N–H and O–H groups in total. The summed E-state index contributed by atoms with van der Waals surface area (Å²) in [7, 11) is -4.75. The molecule has 0 aromatic heterocycles. The SMILES string of the molecule is CC(C)OC(=O)CNP(=O)(Oc1ccccc1)C(F)(F)C(C)(C)C. The van der Waals surface area contributed by atoms with Crippen LogP contribution in [0, 0.1) is 5.41 Å². The lowest BCUT2D eigenvalue weighted by Crippen LogP contribution is -2.41. The molecule has 24 heavy (non-hydrogen) atoms. The van der Waals surface area contributed by atoms with Crippen LogP contribution in [0.15, 0.2) is 30.3 Å². The Morgan fingerprint density at radius 2 is 1.75 bits per heavy atom. The third-order valence-corrected chi connectivity index (χ3v) is 5.50. The van der Waals surface area contributed by atoms with Gasteiger partial charge < -0.3 is 9.26 Å². The number of nitrogens with one attached hydrogen (secondary N) is 1. The maximum Gasteiger partial charge on any atom is 0.386 e. The number of carbonyl (C=O) groups is 1. The van der Waals surface area contributed by atoms with Gasteiger partial charge in [-0.2, -0.15) is 8.78 Å². The fraction of sp³-hybridized carbons (Fsp3) is 0.562. The van der Waals surface area contributed by atoms with E-state index < -0.39 is 37.2 Å². The van der Waals surface area contributed by atoms with E-state index in [1.165, 1.54) is 32.9 Å². The van der Waals surface area contributed by atoms with Crippen LogP contribution in [0.1, 0.15) is 34.6 Å². The van der Waals surface area contributed by atoms with Crippen molar-refractivity contribution in [1.82, 2.24) is 5.09 Å². The molecule has 0 saturated carbocycles. The van der Waals surface area contributed by atoms with E-state index in [1.54, 1.807) is 32.0 Å². The highest BCUT2D eigenvalue weighted by molar-refractivity contribution is 7.58. The van der Waals surface area contributed by atoms with Gasteiger partial charge in [0.1, 0.15) is 12.3 Å². The molecule has 0 heterocycles. The molecule has 0 saturated heterocycles. The van der Waals surface area contributed by atoms with Crippen molar-refractivity contribution in [2.24, 2.45) is 5.41 Å². The molecule has 0 fully saturated rings. The smallest absolute Gasteiger partial charge is 0.386 e. The topological polar surface area (TPSA) is 64.6 Å². The van der Waals surface area contributed by atoms with Gasteiger partial charge in [-0.05, 0) is 26.0 Å². The zero-order valence-electron chi connectivity index (χ0n) is 14.5. The Labute approximate surface area is 141 Å². The number of alkyl halides is 2. The number of carbonyl (C=O) groups excluding carboxylic acids is 1. The van der Waals surface area contributed by atoms with Crippen LogP contribution < -0.4 is 9.61 Å². The highest BCUT2D eigenvalue weighted by Crippen LogP contribution is 2.64. The summed E-state index contributed by atoms with van der Waals surface area (Å²) in [6.45, 7) is 6.36. The van der Waals surface area contributed by atoms with Crippen LogP contribution in [0.4, 0.5) is 8.78 Å². The van der Waals surface area contributed by atoms with Crippen LogP contribution in [-0.4, -0.2) is 24.3 Å². The highest BCUT2D eigenvalue weighted by Gasteiger charge is 2.61. The Morgan fingerprint density at radius 1 is 1.21 bits per heavy atom. The second kappa shape index (κ2) is 7.62. The number of esters is 1. The molecule has 0 spiro atoms. The largest absolute Gasteiger partial charge is 0.462 e. The van der Waals surface area contributed by atoms with Crippen molar-refractivity contribution in [1.29, 1.82) is 0 Å². The van der Waals surface area contributed by atoms with Crippen molar-refractivity contribution in [3.8, 4) is 5.75 Å². The Balaban J connectivity index is 3.08. The number of para-hydroxylation sites is 1. The number of hydrogen-bond donors (Lipinski definition) is 1. The lowest BCUT2D eigenvalue weighted by Gasteiger charge is -2.36. The van der Waals surface area contributed by atoms with Gasteiger partial charge in [0.2, 0.25) is 0 Å². The number of rotatable bonds is 7. The summed E-state index contributed by atoms with van der Waals surface area (Å²) in [4.78, 5) is 11.6. The number of hydrogen-bond acceptors (Lipinski definition) is 4. The van der Waals surface area contributed by atoms with E-state index in [0.717, 1.165) is 0 Å². The van der Waals surface area contributed by atoms with Crippen molar-refractivity contribution in [2.45, 2.75) is 46.4 Å². The van der Waals surface area contributed by atoms with Gasteiger partial charge in [0.15, 0.2) is 0 Å². The molecule has 0 amide bonds. The van der Waals surface area contributed by atoms with Gasteiger partial charge in [-0.1, -0.05) is 39.0 Å². The van der Waals surface area contributed by atoms with E-state index >= 15 is 0 Å². The molecule has 0 aliphatic carbocycles. The van der Waals surface area contributed by atoms with Crippen LogP contribution in [0.5, 0.6) is 5.75 Å². The lowest BCUT2D eigenvalue weighted by molar-refractivity contribution is -0.145. The minimum Gasteiger partial charge on any atom is -0.462 e. The minimum absolute atomic E-state index is 0.0227. The highest BCUT2D eigenvalue weighted by atomic mass is 31.2. The molecule has 0 radical (unpaired) electrons. The molecular weight excluding hydrogens is 339 g/mol. The van der Waals surface area contributed by atoms with Crippen LogP contribution in [0.3, 0.4) is 0 Å². The van der Waals surface area contributed by atoms with Gasteiger partial charge in [0.25, 0.3) is 0 Å². The van der Waals surface area contributed by atoms with Gasteiger partial charge >= 0.3 is 19.2 Å². The van der Waals surface area contributed by atoms with E-state index in [9.17, 15) is 18.1 Å². The predicted octanol–water partition coefficient (Wildman–Crippen LogP) is 4.44. The third kappa shape index (κ3) is 5.02. The molecule has 1 aromatic rings. The summed E-state index contributed by atoms with van der Waals surface area (Å²) < 4.78 is 52.5. The van der Waals surface area contributed by atoms with E-state index in [2.05, 4.69) is 5.09 Å². The van der Waals surface area contributed by atoms with Crippen molar-refractivity contribution in [3.63, 3.8) is 0 Å². The molecule has 0 bridgehead atoms. The number of ether oxygens (including phenoxy) is 1. The molecular formula is C16H24F2NO4P. The van der Waals surface area contributed by atoms with Gasteiger partial charge in [-0.25, -0.2) is 5.09 Å². The molecule has 1 aromatic carbocycles. The summed E-state index contributed by atoms with van der Waals surface area (Å²) in [6.07, 6.45) is -0.406. The first kappa shape index (κ1) is 20.6. The third-order valence-electron chi connectivity index (χ3n) is 3.05. The zero-order valence-corrected chi connectivity index (χ0v) is 15.4. The van der Waals surface area contributed by atoms with Gasteiger partial charge in [0, 0.05) is 5.41 Å². The fourth-order valence-corrected chi connectivity index (χ4v) is 3.75. The molecule has 136 valence electrons. The van der Waals surface area contributed by atoms with Gasteiger partial charge in [-0.3, -0.25) is 9.36 Å².